The molecule has 0 spiro atoms. The maximum absolute atomic E-state index is 10.9. The van der Waals surface area contributed by atoms with Crippen molar-refractivity contribution in [2.24, 2.45) is 5.92 Å². The van der Waals surface area contributed by atoms with Crippen molar-refractivity contribution in [2.45, 2.75) is 25.9 Å². The molecule has 0 aromatic heterocycles. The largest absolute Gasteiger partial charge is 0.465 e. The first kappa shape index (κ1) is 15.6. The summed E-state index contributed by atoms with van der Waals surface area (Å²) in [6.07, 6.45) is 6.34. The van der Waals surface area contributed by atoms with E-state index >= 15 is 0 Å². The average molecular weight is 289 g/mol. The Morgan fingerprint density at radius 2 is 2.19 bits per heavy atom. The summed E-state index contributed by atoms with van der Waals surface area (Å²) in [5.41, 5.74) is 1.19. The molecule has 1 aromatic rings. The highest BCUT2D eigenvalue weighted by molar-refractivity contribution is 5.65. The fourth-order valence-electron chi connectivity index (χ4n) is 2.55. The molecule has 1 aromatic carbocycles. The van der Waals surface area contributed by atoms with Gasteiger partial charge >= 0.3 is 6.09 Å². The third kappa shape index (κ3) is 5.60. The summed E-state index contributed by atoms with van der Waals surface area (Å²) in [6, 6.07) is 10.1. The predicted octanol–water partition coefficient (Wildman–Crippen LogP) is 3.54. The van der Waals surface area contributed by atoms with E-state index in [9.17, 15) is 4.79 Å². The number of nitrogens with zero attached hydrogens (tertiary/aromatic N) is 1. The molecule has 1 fully saturated rings. The first-order valence-corrected chi connectivity index (χ1v) is 7.52. The maximum Gasteiger partial charge on any atom is 0.407 e. The van der Waals surface area contributed by atoms with Crippen molar-refractivity contribution in [3.05, 3.63) is 48.0 Å². The van der Waals surface area contributed by atoms with E-state index in [0.717, 1.165) is 19.3 Å². The number of hydrogen-bond donors (Lipinski definition) is 1. The van der Waals surface area contributed by atoms with Gasteiger partial charge in [-0.15, -0.1) is 0 Å². The van der Waals surface area contributed by atoms with Crippen LogP contribution in [0.5, 0.6) is 0 Å². The zero-order valence-corrected chi connectivity index (χ0v) is 12.3. The van der Waals surface area contributed by atoms with Crippen LogP contribution < -0.4 is 0 Å². The maximum atomic E-state index is 10.9. The first-order chi connectivity index (χ1) is 10.3. The van der Waals surface area contributed by atoms with Gasteiger partial charge in [0, 0.05) is 13.1 Å². The number of piperidine rings is 1. The predicted molar refractivity (Wildman–Crippen MR) is 82.2 cm³/mol. The van der Waals surface area contributed by atoms with Crippen molar-refractivity contribution in [3.8, 4) is 0 Å². The molecule has 1 heterocycles. The molecule has 4 nitrogen and oxygen atoms in total. The van der Waals surface area contributed by atoms with Crippen molar-refractivity contribution >= 4 is 6.09 Å². The van der Waals surface area contributed by atoms with E-state index in [1.165, 1.54) is 10.5 Å². The summed E-state index contributed by atoms with van der Waals surface area (Å²) in [5.74, 6) is 0.351. The van der Waals surface area contributed by atoms with Crippen molar-refractivity contribution < 1.29 is 14.6 Å². The number of rotatable bonds is 6. The van der Waals surface area contributed by atoms with Crippen LogP contribution in [-0.2, 0) is 11.3 Å². The van der Waals surface area contributed by atoms with E-state index in [-0.39, 0.29) is 0 Å². The van der Waals surface area contributed by atoms with Crippen LogP contribution in [0.15, 0.2) is 42.5 Å². The number of amides is 1. The van der Waals surface area contributed by atoms with Crippen LogP contribution in [0.3, 0.4) is 0 Å². The van der Waals surface area contributed by atoms with Crippen molar-refractivity contribution in [1.29, 1.82) is 0 Å². The second kappa shape index (κ2) is 8.47. The van der Waals surface area contributed by atoms with Gasteiger partial charge in [-0.05, 0) is 30.7 Å². The molecule has 21 heavy (non-hydrogen) atoms. The third-order valence-electron chi connectivity index (χ3n) is 3.68. The van der Waals surface area contributed by atoms with Gasteiger partial charge < -0.3 is 14.7 Å². The van der Waals surface area contributed by atoms with E-state index in [0.29, 0.717) is 32.2 Å². The Balaban J connectivity index is 1.61. The molecule has 1 atom stereocenters. The summed E-state index contributed by atoms with van der Waals surface area (Å²) >= 11 is 0. The number of carbonyl (C=O) groups is 1. The summed E-state index contributed by atoms with van der Waals surface area (Å²) < 4.78 is 5.61. The number of likely N-dealkylation sites (tertiary alicyclic amines) is 1. The summed E-state index contributed by atoms with van der Waals surface area (Å²) in [4.78, 5) is 12.4. The van der Waals surface area contributed by atoms with E-state index in [1.54, 1.807) is 0 Å². The third-order valence-corrected chi connectivity index (χ3v) is 3.68. The Hall–Kier alpha value is -1.81. The van der Waals surface area contributed by atoms with Crippen LogP contribution in [0.1, 0.15) is 24.8 Å². The smallest absolute Gasteiger partial charge is 0.407 e. The fraction of sp³-hybridized carbons (Fsp3) is 0.471. The molecule has 4 heteroatoms. The summed E-state index contributed by atoms with van der Waals surface area (Å²) in [5, 5.41) is 8.99. The Morgan fingerprint density at radius 3 is 2.95 bits per heavy atom. The van der Waals surface area contributed by atoms with Gasteiger partial charge in [-0.2, -0.15) is 0 Å². The molecule has 0 radical (unpaired) electrons. The van der Waals surface area contributed by atoms with E-state index in [1.807, 2.05) is 18.2 Å². The van der Waals surface area contributed by atoms with E-state index in [4.69, 9.17) is 9.84 Å². The van der Waals surface area contributed by atoms with Gasteiger partial charge in [0.25, 0.3) is 0 Å². The van der Waals surface area contributed by atoms with Gasteiger partial charge in [-0.25, -0.2) is 4.79 Å². The van der Waals surface area contributed by atoms with E-state index in [2.05, 4.69) is 24.3 Å². The topological polar surface area (TPSA) is 49.8 Å². The Kier molecular flexibility index (Phi) is 6.28. The molecule has 2 rings (SSSR count). The zero-order valence-electron chi connectivity index (χ0n) is 12.3. The van der Waals surface area contributed by atoms with E-state index < -0.39 is 6.09 Å². The van der Waals surface area contributed by atoms with Crippen LogP contribution in [0, 0.1) is 5.92 Å². The zero-order chi connectivity index (χ0) is 14.9. The molecular weight excluding hydrogens is 266 g/mol. The summed E-state index contributed by atoms with van der Waals surface area (Å²) in [6.45, 7) is 2.63. The number of ether oxygens (including phenoxy) is 1. The minimum atomic E-state index is -0.806. The quantitative estimate of drug-likeness (QED) is 0.643. The molecular formula is C17H23NO3. The molecule has 0 aliphatic carbocycles. The first-order valence-electron chi connectivity index (χ1n) is 7.52. The average Bonchev–Trinajstić information content (AvgIpc) is 2.52. The molecule has 0 unspecified atom stereocenters. The lowest BCUT2D eigenvalue weighted by molar-refractivity contribution is 0.124. The minimum absolute atomic E-state index is 0.351. The summed E-state index contributed by atoms with van der Waals surface area (Å²) in [7, 11) is 0. The number of hydrogen-bond acceptors (Lipinski definition) is 2. The standard InChI is InChI=1S/C17H23NO3/c19-17(20)18-11-6-10-15(13-18)7-4-5-12-21-14-16-8-2-1-3-9-16/h1-4,7-9,15H,5-6,10-14H2,(H,19,20)/b7-4+/t15-/m0/s1. The lowest BCUT2D eigenvalue weighted by atomic mass is 9.98. The lowest BCUT2D eigenvalue weighted by Crippen LogP contribution is -2.38. The normalized spacial score (nSPS) is 19.0. The lowest BCUT2D eigenvalue weighted by Gasteiger charge is -2.28. The molecule has 0 saturated carbocycles. The molecule has 1 aliphatic rings. The van der Waals surface area contributed by atoms with Gasteiger partial charge in [0.15, 0.2) is 0 Å². The van der Waals surface area contributed by atoms with Crippen molar-refractivity contribution in [1.82, 2.24) is 4.90 Å². The molecule has 1 amide bonds. The van der Waals surface area contributed by atoms with Crippen molar-refractivity contribution in [3.63, 3.8) is 0 Å². The molecule has 1 aliphatic heterocycles. The highest BCUT2D eigenvalue weighted by Crippen LogP contribution is 2.17. The van der Waals surface area contributed by atoms with Crippen LogP contribution in [0.25, 0.3) is 0 Å². The molecule has 1 N–H and O–H groups in total. The highest BCUT2D eigenvalue weighted by atomic mass is 16.5. The van der Waals surface area contributed by atoms with Crippen LogP contribution >= 0.6 is 0 Å². The second-order valence-electron chi connectivity index (χ2n) is 5.39. The molecule has 0 bridgehead atoms. The van der Waals surface area contributed by atoms with Crippen LogP contribution in [0.2, 0.25) is 0 Å². The molecule has 1 saturated heterocycles. The highest BCUT2D eigenvalue weighted by Gasteiger charge is 2.20. The SMILES string of the molecule is O=C(O)N1CCC[C@H](/C=C/CCOCc2ccccc2)C1. The Morgan fingerprint density at radius 1 is 1.38 bits per heavy atom. The fourth-order valence-corrected chi connectivity index (χ4v) is 2.55. The second-order valence-corrected chi connectivity index (χ2v) is 5.39. The van der Waals surface area contributed by atoms with Gasteiger partial charge in [0.05, 0.1) is 13.2 Å². The van der Waals surface area contributed by atoms with Crippen LogP contribution in [0.4, 0.5) is 4.79 Å². The van der Waals surface area contributed by atoms with Gasteiger partial charge in [0.1, 0.15) is 0 Å². The Labute approximate surface area is 126 Å². The number of carboxylic acid groups (broad SMARTS) is 1. The van der Waals surface area contributed by atoms with Crippen LogP contribution in [-0.4, -0.2) is 35.8 Å². The Bertz CT molecular complexity index is 458. The molecule has 114 valence electrons. The monoisotopic (exact) mass is 289 g/mol. The van der Waals surface area contributed by atoms with Gasteiger partial charge in [-0.1, -0.05) is 42.5 Å². The van der Waals surface area contributed by atoms with Crippen molar-refractivity contribution in [2.75, 3.05) is 19.7 Å². The minimum Gasteiger partial charge on any atom is -0.465 e. The van der Waals surface area contributed by atoms with Gasteiger partial charge in [-0.3, -0.25) is 0 Å². The number of benzene rings is 1. The van der Waals surface area contributed by atoms with Gasteiger partial charge in [0.2, 0.25) is 0 Å².